The first-order valence-electron chi connectivity index (χ1n) is 13.9. The van der Waals surface area contributed by atoms with Gasteiger partial charge in [0.05, 0.1) is 32.1 Å². The Labute approximate surface area is 247 Å². The fourth-order valence-electron chi connectivity index (χ4n) is 5.96. The summed E-state index contributed by atoms with van der Waals surface area (Å²) < 4.78 is 12.6. The average molecular weight is 585 g/mol. The maximum absolute atomic E-state index is 13.6. The molecule has 0 saturated carbocycles. The van der Waals surface area contributed by atoms with Crippen molar-refractivity contribution in [3.8, 4) is 11.5 Å². The molecule has 10 heteroatoms. The van der Waals surface area contributed by atoms with Gasteiger partial charge in [-0.1, -0.05) is 12.1 Å². The van der Waals surface area contributed by atoms with Gasteiger partial charge in [-0.2, -0.15) is 0 Å². The first-order chi connectivity index (χ1) is 20.4. The molecule has 2 atom stereocenters. The van der Waals surface area contributed by atoms with Crippen molar-refractivity contribution < 1.29 is 19.1 Å². The number of carbonyl (C=O) groups excluding carboxylic acids is 2. The highest BCUT2D eigenvalue weighted by Crippen LogP contribution is 2.39. The number of fused-ring (bicyclic) bond motifs is 4. The molecule has 0 radical (unpaired) electrons. The molecule has 4 aromatic rings. The summed E-state index contributed by atoms with van der Waals surface area (Å²) in [5, 5.41) is 8.00. The number of piperidine rings is 1. The van der Waals surface area contributed by atoms with Gasteiger partial charge in [0.25, 0.3) is 17.4 Å². The maximum atomic E-state index is 13.6. The lowest BCUT2D eigenvalue weighted by molar-refractivity contribution is 0.0950. The highest BCUT2D eigenvalue weighted by Gasteiger charge is 2.35. The standard InChI is InChI=1S/C32H32N4O5S/c1-40-24-12-22(13-25(15-24)41-2)32(39)34-27-14-21(31(38)33-16-26-5-4-10-42-26)8-9-29(27)35-17-20-11-23(19-35)28-6-3-7-30(37)36(28)18-20/h3-10,12-15,20,23H,11,16-19H2,1-2H3,(H,33,38)(H,34,39). The molecule has 1 saturated heterocycles. The number of hydrogen-bond donors (Lipinski definition) is 2. The van der Waals surface area contributed by atoms with Crippen molar-refractivity contribution in [2.24, 2.45) is 5.92 Å². The van der Waals surface area contributed by atoms with Gasteiger partial charge in [-0.05, 0) is 60.2 Å². The number of benzene rings is 2. The molecule has 9 nitrogen and oxygen atoms in total. The zero-order chi connectivity index (χ0) is 29.2. The number of anilines is 2. The van der Waals surface area contributed by atoms with Crippen molar-refractivity contribution in [2.75, 3.05) is 37.5 Å². The highest BCUT2D eigenvalue weighted by molar-refractivity contribution is 7.09. The summed E-state index contributed by atoms with van der Waals surface area (Å²) in [6.45, 7) is 2.52. The molecule has 2 bridgehead atoms. The van der Waals surface area contributed by atoms with E-state index in [1.54, 1.807) is 47.7 Å². The summed E-state index contributed by atoms with van der Waals surface area (Å²) in [5.41, 5.74) is 3.26. The first kappa shape index (κ1) is 27.6. The van der Waals surface area contributed by atoms with Crippen LogP contribution in [0.5, 0.6) is 11.5 Å². The molecule has 2 aromatic heterocycles. The number of nitrogens with one attached hydrogen (secondary N) is 2. The number of carbonyl (C=O) groups is 2. The van der Waals surface area contributed by atoms with E-state index in [2.05, 4.69) is 15.5 Å². The van der Waals surface area contributed by atoms with Gasteiger partial charge in [-0.15, -0.1) is 11.3 Å². The third-order valence-electron chi connectivity index (χ3n) is 7.94. The monoisotopic (exact) mass is 584 g/mol. The van der Waals surface area contributed by atoms with Gasteiger partial charge >= 0.3 is 0 Å². The van der Waals surface area contributed by atoms with Gasteiger partial charge < -0.3 is 29.6 Å². The van der Waals surface area contributed by atoms with Crippen molar-refractivity contribution in [2.45, 2.75) is 25.4 Å². The number of thiophene rings is 1. The van der Waals surface area contributed by atoms with E-state index in [1.165, 1.54) is 14.2 Å². The first-order valence-corrected chi connectivity index (χ1v) is 14.7. The van der Waals surface area contributed by atoms with Crippen LogP contribution in [0.1, 0.15) is 43.6 Å². The van der Waals surface area contributed by atoms with Crippen molar-refractivity contribution in [1.82, 2.24) is 9.88 Å². The van der Waals surface area contributed by atoms with Gasteiger partial charge in [0.1, 0.15) is 11.5 Å². The maximum Gasteiger partial charge on any atom is 0.255 e. The van der Waals surface area contributed by atoms with Crippen molar-refractivity contribution in [3.63, 3.8) is 0 Å². The van der Waals surface area contributed by atoms with Crippen LogP contribution in [0.15, 0.2) is 76.9 Å². The zero-order valence-corrected chi connectivity index (χ0v) is 24.3. The van der Waals surface area contributed by atoms with E-state index in [9.17, 15) is 14.4 Å². The van der Waals surface area contributed by atoms with Crippen LogP contribution in [0.4, 0.5) is 11.4 Å². The number of methoxy groups -OCH3 is 2. The molecule has 2 amide bonds. The molecule has 2 N–H and O–H groups in total. The number of rotatable bonds is 8. The summed E-state index contributed by atoms with van der Waals surface area (Å²) in [6.07, 6.45) is 1.01. The van der Waals surface area contributed by atoms with E-state index in [-0.39, 0.29) is 29.2 Å². The van der Waals surface area contributed by atoms with Crippen molar-refractivity contribution >= 4 is 34.5 Å². The zero-order valence-electron chi connectivity index (χ0n) is 23.5. The lowest BCUT2D eigenvalue weighted by Crippen LogP contribution is -2.47. The topological polar surface area (TPSA) is 102 Å². The SMILES string of the molecule is COc1cc(OC)cc(C(=O)Nc2cc(C(=O)NCc3cccs3)ccc2N2CC3CC(C2)c2cccc(=O)n2C3)c1. The fraction of sp³-hybridized carbons (Fsp3) is 0.281. The van der Waals surface area contributed by atoms with Crippen molar-refractivity contribution in [3.05, 3.63) is 104 Å². The second-order valence-corrected chi connectivity index (χ2v) is 11.7. The Balaban J connectivity index is 1.32. The Kier molecular flexibility index (Phi) is 7.71. The Morgan fingerprint density at radius 1 is 0.905 bits per heavy atom. The molecule has 0 spiro atoms. The number of amides is 2. The van der Waals surface area contributed by atoms with Crippen LogP contribution < -0.4 is 30.6 Å². The minimum Gasteiger partial charge on any atom is -0.497 e. The summed E-state index contributed by atoms with van der Waals surface area (Å²) in [5.74, 6) is 0.900. The Bertz CT molecular complexity index is 1660. The second kappa shape index (κ2) is 11.7. The average Bonchev–Trinajstić information content (AvgIpc) is 3.54. The van der Waals surface area contributed by atoms with Crippen LogP contribution in [-0.2, 0) is 13.1 Å². The molecule has 6 rings (SSSR count). The van der Waals surface area contributed by atoms with E-state index in [0.717, 1.165) is 29.2 Å². The Morgan fingerprint density at radius 2 is 1.71 bits per heavy atom. The second-order valence-electron chi connectivity index (χ2n) is 10.7. The molecule has 0 aliphatic carbocycles. The number of hydrogen-bond acceptors (Lipinski definition) is 7. The van der Waals surface area contributed by atoms with Gasteiger partial charge in [-0.3, -0.25) is 14.4 Å². The van der Waals surface area contributed by atoms with E-state index < -0.39 is 0 Å². The van der Waals surface area contributed by atoms with Crippen LogP contribution in [0, 0.1) is 5.92 Å². The van der Waals surface area contributed by atoms with Gasteiger partial charge in [0.2, 0.25) is 0 Å². The third kappa shape index (κ3) is 5.62. The summed E-state index contributed by atoms with van der Waals surface area (Å²) in [6, 6.07) is 19.8. The minimum atomic E-state index is -0.348. The molecule has 2 aliphatic heterocycles. The molecular formula is C32H32N4O5S. The fourth-order valence-corrected chi connectivity index (χ4v) is 6.61. The van der Waals surface area contributed by atoms with Gasteiger partial charge in [-0.25, -0.2) is 0 Å². The van der Waals surface area contributed by atoms with E-state index >= 15 is 0 Å². The minimum absolute atomic E-state index is 0.0373. The van der Waals surface area contributed by atoms with E-state index in [0.29, 0.717) is 47.9 Å². The Hall–Kier alpha value is -4.57. The largest absolute Gasteiger partial charge is 0.497 e. The molecule has 4 heterocycles. The molecule has 2 aromatic carbocycles. The number of pyridine rings is 1. The molecule has 42 heavy (non-hydrogen) atoms. The smallest absolute Gasteiger partial charge is 0.255 e. The summed E-state index contributed by atoms with van der Waals surface area (Å²) >= 11 is 1.58. The lowest BCUT2D eigenvalue weighted by Gasteiger charge is -2.44. The van der Waals surface area contributed by atoms with Gasteiger partial charge in [0, 0.05) is 59.4 Å². The highest BCUT2D eigenvalue weighted by atomic mass is 32.1. The summed E-state index contributed by atoms with van der Waals surface area (Å²) in [4.78, 5) is 42.5. The van der Waals surface area contributed by atoms with Crippen LogP contribution in [0.2, 0.25) is 0 Å². The predicted octanol–water partition coefficient (Wildman–Crippen LogP) is 4.73. The van der Waals surface area contributed by atoms with Crippen LogP contribution >= 0.6 is 11.3 Å². The van der Waals surface area contributed by atoms with Crippen LogP contribution in [0.25, 0.3) is 0 Å². The van der Waals surface area contributed by atoms with Crippen molar-refractivity contribution in [1.29, 1.82) is 0 Å². The van der Waals surface area contributed by atoms with Crippen LogP contribution in [0.3, 0.4) is 0 Å². The molecule has 2 unspecified atom stereocenters. The number of aromatic nitrogens is 1. The van der Waals surface area contributed by atoms with E-state index in [4.69, 9.17) is 9.47 Å². The normalized spacial score (nSPS) is 17.2. The number of nitrogens with zero attached hydrogens (tertiary/aromatic N) is 2. The lowest BCUT2D eigenvalue weighted by atomic mass is 9.83. The summed E-state index contributed by atoms with van der Waals surface area (Å²) in [7, 11) is 3.07. The Morgan fingerprint density at radius 3 is 2.45 bits per heavy atom. The predicted molar refractivity (Wildman–Crippen MR) is 163 cm³/mol. The third-order valence-corrected chi connectivity index (χ3v) is 8.82. The van der Waals surface area contributed by atoms with Crippen LogP contribution in [-0.4, -0.2) is 43.7 Å². The quantitative estimate of drug-likeness (QED) is 0.311. The molecule has 2 aliphatic rings. The van der Waals surface area contributed by atoms with E-state index in [1.807, 2.05) is 40.3 Å². The molecule has 1 fully saturated rings. The van der Waals surface area contributed by atoms with Gasteiger partial charge in [0.15, 0.2) is 0 Å². The number of ether oxygens (including phenoxy) is 2. The molecular weight excluding hydrogens is 552 g/mol. The molecule has 216 valence electrons.